The van der Waals surface area contributed by atoms with Crippen molar-refractivity contribution in [3.05, 3.63) is 57.9 Å². The maximum absolute atomic E-state index is 13.2. The Bertz CT molecular complexity index is 1380. The number of hydrogen-bond acceptors (Lipinski definition) is 6. The van der Waals surface area contributed by atoms with E-state index in [1.54, 1.807) is 0 Å². The van der Waals surface area contributed by atoms with Gasteiger partial charge in [-0.1, -0.05) is 23.4 Å². The molecule has 5 rings (SSSR count). The van der Waals surface area contributed by atoms with Crippen molar-refractivity contribution < 1.29 is 35.7 Å². The standard InChI is InChI=1S/C24H21F6N5O2S/c25-23(26,27)19-11-20(24(28,29)30)35(32-19)12-21(36)34-8-6-15(7-9-34)22-31-17(13-38-22)16-10-18(37-33-16)14-4-2-1-3-5-14/h2,4-5,10-11,13,15H,1,3,6-9,12H2. The molecular formula is C24H21F6N5O2S. The zero-order valence-electron chi connectivity index (χ0n) is 19.7. The quantitative estimate of drug-likeness (QED) is 0.351. The predicted molar refractivity (Wildman–Crippen MR) is 125 cm³/mol. The number of hydrogen-bond donors (Lipinski definition) is 0. The number of amides is 1. The number of carbonyl (C=O) groups is 1. The Hall–Kier alpha value is -3.42. The second kappa shape index (κ2) is 10.0. The molecule has 14 heteroatoms. The largest absolute Gasteiger partial charge is 0.435 e. The molecule has 1 amide bonds. The molecule has 1 fully saturated rings. The van der Waals surface area contributed by atoms with Gasteiger partial charge in [-0.3, -0.25) is 9.48 Å². The van der Waals surface area contributed by atoms with Crippen molar-refractivity contribution in [3.63, 3.8) is 0 Å². The topological polar surface area (TPSA) is 77.0 Å². The van der Waals surface area contributed by atoms with E-state index in [4.69, 9.17) is 4.52 Å². The summed E-state index contributed by atoms with van der Waals surface area (Å²) in [6, 6.07) is 1.75. The lowest BCUT2D eigenvalue weighted by atomic mass is 9.97. The molecule has 3 aromatic heterocycles. The monoisotopic (exact) mass is 557 g/mol. The van der Waals surface area contributed by atoms with Crippen LogP contribution in [0.1, 0.15) is 53.8 Å². The van der Waals surface area contributed by atoms with E-state index >= 15 is 0 Å². The maximum atomic E-state index is 13.2. The number of rotatable bonds is 5. The highest BCUT2D eigenvalue weighted by Crippen LogP contribution is 2.36. The summed E-state index contributed by atoms with van der Waals surface area (Å²) in [6.45, 7) is -0.458. The number of piperidine rings is 1. The van der Waals surface area contributed by atoms with Crippen LogP contribution in [0.2, 0.25) is 0 Å². The zero-order valence-corrected chi connectivity index (χ0v) is 20.5. The number of carbonyl (C=O) groups excluding carboxylic acids is 1. The minimum atomic E-state index is -5.08. The third kappa shape index (κ3) is 5.54. The minimum Gasteiger partial charge on any atom is -0.356 e. The first-order valence-corrected chi connectivity index (χ1v) is 12.7. The van der Waals surface area contributed by atoms with Gasteiger partial charge in [0.25, 0.3) is 0 Å². The van der Waals surface area contributed by atoms with Crippen LogP contribution in [0.25, 0.3) is 17.0 Å². The van der Waals surface area contributed by atoms with Crippen molar-refractivity contribution >= 4 is 22.8 Å². The molecule has 2 aliphatic rings. The number of aromatic nitrogens is 4. The van der Waals surface area contributed by atoms with Gasteiger partial charge in [0.1, 0.15) is 23.6 Å². The van der Waals surface area contributed by atoms with Gasteiger partial charge in [0, 0.05) is 42.1 Å². The molecule has 1 saturated heterocycles. The van der Waals surface area contributed by atoms with Crippen LogP contribution in [0, 0.1) is 0 Å². The maximum Gasteiger partial charge on any atom is 0.435 e. The van der Waals surface area contributed by atoms with Gasteiger partial charge < -0.3 is 9.42 Å². The summed E-state index contributed by atoms with van der Waals surface area (Å²) < 4.78 is 83.9. The predicted octanol–water partition coefficient (Wildman–Crippen LogP) is 6.17. The normalized spacial score (nSPS) is 17.2. The van der Waals surface area contributed by atoms with E-state index in [2.05, 4.69) is 27.4 Å². The summed E-state index contributed by atoms with van der Waals surface area (Å²) in [4.78, 5) is 18.7. The SMILES string of the molecule is O=C(Cn1nc(C(F)(F)F)cc1C(F)(F)F)N1CCC(c2nc(-c3cc(C4=CCCC=C4)on3)cs2)CC1. The molecule has 4 heterocycles. The van der Waals surface area contributed by atoms with Crippen molar-refractivity contribution in [2.24, 2.45) is 0 Å². The first kappa shape index (κ1) is 26.2. The molecule has 7 nitrogen and oxygen atoms in total. The van der Waals surface area contributed by atoms with Crippen molar-refractivity contribution in [2.75, 3.05) is 13.1 Å². The molecule has 0 radical (unpaired) electrons. The fourth-order valence-corrected chi connectivity index (χ4v) is 5.41. The average Bonchev–Trinajstić information content (AvgIpc) is 3.63. The Kier molecular flexibility index (Phi) is 6.92. The van der Waals surface area contributed by atoms with Gasteiger partial charge in [-0.05, 0) is 25.7 Å². The summed E-state index contributed by atoms with van der Waals surface area (Å²) in [6.07, 6.45) is -1.06. The molecule has 0 atom stereocenters. The second-order valence-corrected chi connectivity index (χ2v) is 9.90. The van der Waals surface area contributed by atoms with Crippen molar-refractivity contribution in [3.8, 4) is 11.4 Å². The molecule has 0 unspecified atom stereocenters. The smallest absolute Gasteiger partial charge is 0.356 e. The van der Waals surface area contributed by atoms with Crippen LogP contribution in [-0.4, -0.2) is 43.8 Å². The van der Waals surface area contributed by atoms with Crippen LogP contribution in [0.15, 0.2) is 40.3 Å². The molecule has 202 valence electrons. The minimum absolute atomic E-state index is 0.0282. The molecule has 3 aromatic rings. The summed E-state index contributed by atoms with van der Waals surface area (Å²) in [5.74, 6) is -0.0437. The summed E-state index contributed by atoms with van der Waals surface area (Å²) >= 11 is 1.45. The van der Waals surface area contributed by atoms with Gasteiger partial charge in [-0.2, -0.15) is 31.4 Å². The van der Waals surface area contributed by atoms with Gasteiger partial charge in [0.2, 0.25) is 5.91 Å². The first-order valence-electron chi connectivity index (χ1n) is 11.8. The summed E-state index contributed by atoms with van der Waals surface area (Å²) in [5, 5.41) is 9.83. The molecule has 1 aliphatic heterocycles. The van der Waals surface area contributed by atoms with E-state index < -0.39 is 36.2 Å². The Balaban J connectivity index is 1.21. The lowest BCUT2D eigenvalue weighted by Crippen LogP contribution is -2.40. The molecule has 1 aliphatic carbocycles. The lowest BCUT2D eigenvalue weighted by molar-refractivity contribution is -0.146. The van der Waals surface area contributed by atoms with Crippen LogP contribution >= 0.6 is 11.3 Å². The Morgan fingerprint density at radius 3 is 2.47 bits per heavy atom. The fourth-order valence-electron chi connectivity index (χ4n) is 4.43. The Morgan fingerprint density at radius 2 is 1.82 bits per heavy atom. The number of halogens is 6. The van der Waals surface area contributed by atoms with Crippen molar-refractivity contribution in [2.45, 2.75) is 50.5 Å². The van der Waals surface area contributed by atoms with Gasteiger partial charge >= 0.3 is 12.4 Å². The Morgan fingerprint density at radius 1 is 1.05 bits per heavy atom. The number of thiazole rings is 1. The second-order valence-electron chi connectivity index (χ2n) is 9.01. The number of allylic oxidation sites excluding steroid dienone is 4. The highest BCUT2D eigenvalue weighted by atomic mass is 32.1. The fraction of sp³-hybridized carbons (Fsp3) is 0.417. The van der Waals surface area contributed by atoms with Crippen LogP contribution in [-0.2, 0) is 23.7 Å². The average molecular weight is 558 g/mol. The summed E-state index contributed by atoms with van der Waals surface area (Å²) in [7, 11) is 0. The molecule has 0 spiro atoms. The van der Waals surface area contributed by atoms with Crippen LogP contribution in [0.4, 0.5) is 26.3 Å². The lowest BCUT2D eigenvalue weighted by Gasteiger charge is -2.31. The number of nitrogens with zero attached hydrogens (tertiary/aromatic N) is 5. The molecular weight excluding hydrogens is 536 g/mol. The van der Waals surface area contributed by atoms with Gasteiger partial charge in [0.15, 0.2) is 11.5 Å². The van der Waals surface area contributed by atoms with Crippen molar-refractivity contribution in [1.82, 2.24) is 24.8 Å². The molecule has 0 aromatic carbocycles. The van der Waals surface area contributed by atoms with Crippen LogP contribution in [0.5, 0.6) is 0 Å². The van der Waals surface area contributed by atoms with Gasteiger partial charge in [0.05, 0.1) is 5.01 Å². The van der Waals surface area contributed by atoms with E-state index in [1.165, 1.54) is 16.2 Å². The molecule has 0 saturated carbocycles. The van der Waals surface area contributed by atoms with E-state index in [-0.39, 0.29) is 29.8 Å². The highest BCUT2D eigenvalue weighted by molar-refractivity contribution is 7.10. The van der Waals surface area contributed by atoms with Gasteiger partial charge in [-0.15, -0.1) is 11.3 Å². The highest BCUT2D eigenvalue weighted by Gasteiger charge is 2.42. The van der Waals surface area contributed by atoms with Gasteiger partial charge in [-0.25, -0.2) is 4.98 Å². The van der Waals surface area contributed by atoms with Crippen molar-refractivity contribution in [1.29, 1.82) is 0 Å². The molecule has 0 bridgehead atoms. The molecule has 0 N–H and O–H groups in total. The third-order valence-electron chi connectivity index (χ3n) is 6.42. The Labute approximate surface area is 216 Å². The van der Waals surface area contributed by atoms with E-state index in [0.717, 1.165) is 23.4 Å². The molecule has 38 heavy (non-hydrogen) atoms. The number of alkyl halides is 6. The van der Waals surface area contributed by atoms with E-state index in [0.29, 0.717) is 30.0 Å². The van der Waals surface area contributed by atoms with E-state index in [1.807, 2.05) is 17.5 Å². The van der Waals surface area contributed by atoms with Crippen LogP contribution in [0.3, 0.4) is 0 Å². The third-order valence-corrected chi connectivity index (χ3v) is 7.42. The van der Waals surface area contributed by atoms with Crippen LogP contribution < -0.4 is 0 Å². The van der Waals surface area contributed by atoms with E-state index in [9.17, 15) is 31.1 Å². The first-order chi connectivity index (χ1) is 18.0. The zero-order chi connectivity index (χ0) is 27.1. The number of likely N-dealkylation sites (tertiary alicyclic amines) is 1. The summed E-state index contributed by atoms with van der Waals surface area (Å²) in [5.41, 5.74) is -1.07.